The number of hydrazone groups is 1. The zero-order valence-electron chi connectivity index (χ0n) is 12.7. The Morgan fingerprint density at radius 3 is 1.91 bits per heavy atom. The second-order valence-corrected chi connectivity index (χ2v) is 12.1. The van der Waals surface area contributed by atoms with E-state index in [1.807, 2.05) is 35.0 Å². The number of carbonyl (C=O) groups excluding carboxylic acids is 1. The molecule has 1 aliphatic carbocycles. The highest BCUT2D eigenvalue weighted by molar-refractivity contribution is 6.80. The van der Waals surface area contributed by atoms with Gasteiger partial charge < -0.3 is 0 Å². The minimum Gasteiger partial charge on any atom is -0.294 e. The first kappa shape index (κ1) is 18.6. The average molecular weight is 408 g/mol. The lowest BCUT2D eigenvalue weighted by Crippen LogP contribution is -2.44. The van der Waals surface area contributed by atoms with E-state index in [2.05, 4.69) is 24.7 Å². The summed E-state index contributed by atoms with van der Waals surface area (Å²) in [6.07, 6.45) is 0. The number of anilines is 1. The van der Waals surface area contributed by atoms with Crippen molar-refractivity contribution in [1.29, 1.82) is 0 Å². The topological polar surface area (TPSA) is 32.7 Å². The van der Waals surface area contributed by atoms with Gasteiger partial charge in [-0.3, -0.25) is 9.47 Å². The molecule has 0 radical (unpaired) electrons. The molecule has 1 aromatic carbocycles. The normalized spacial score (nSPS) is 18.0. The fraction of sp³-hybridized carbons (Fsp3) is 0.200. The first-order chi connectivity index (χ1) is 10.6. The van der Waals surface area contributed by atoms with Crippen LogP contribution in [0.5, 0.6) is 0 Å². The maximum Gasteiger partial charge on any atom is 0.227 e. The molecule has 0 amide bonds. The lowest BCUT2D eigenvalue weighted by atomic mass is 10.1. The van der Waals surface area contributed by atoms with Crippen molar-refractivity contribution in [3.05, 3.63) is 50.5 Å². The average Bonchev–Trinajstić information content (AvgIpc) is 2.51. The van der Waals surface area contributed by atoms with Gasteiger partial charge in [0.15, 0.2) is 13.9 Å². The largest absolute Gasteiger partial charge is 0.294 e. The van der Waals surface area contributed by atoms with E-state index in [0.717, 1.165) is 5.69 Å². The molecular formula is C15H14Cl4N2OSi. The van der Waals surface area contributed by atoms with Gasteiger partial charge in [-0.05, 0) is 31.8 Å². The number of allylic oxidation sites excluding steroid dienone is 4. The molecule has 0 N–H and O–H groups in total. The van der Waals surface area contributed by atoms with Crippen molar-refractivity contribution in [2.24, 2.45) is 5.10 Å². The van der Waals surface area contributed by atoms with Crippen LogP contribution in [0, 0.1) is 0 Å². The Kier molecular flexibility index (Phi) is 5.64. The lowest BCUT2D eigenvalue weighted by Gasteiger charge is -2.32. The van der Waals surface area contributed by atoms with Crippen molar-refractivity contribution >= 4 is 71.8 Å². The lowest BCUT2D eigenvalue weighted by molar-refractivity contribution is -0.109. The minimum atomic E-state index is -1.95. The second-order valence-electron chi connectivity index (χ2n) is 5.85. The molecular weight excluding hydrogens is 394 g/mol. The Morgan fingerprint density at radius 2 is 1.39 bits per heavy atom. The molecule has 0 fully saturated rings. The molecule has 0 bridgehead atoms. The van der Waals surface area contributed by atoms with E-state index in [0.29, 0.717) is 0 Å². The highest BCUT2D eigenvalue weighted by atomic mass is 35.5. The molecule has 122 valence electrons. The number of rotatable bonds is 3. The van der Waals surface area contributed by atoms with Gasteiger partial charge in [-0.2, -0.15) is 5.10 Å². The minimum absolute atomic E-state index is 0.00246. The highest BCUT2D eigenvalue weighted by Crippen LogP contribution is 2.36. The molecule has 0 atom stereocenters. The predicted molar refractivity (Wildman–Crippen MR) is 102 cm³/mol. The molecule has 3 nitrogen and oxygen atoms in total. The molecule has 0 spiro atoms. The Hall–Kier alpha value is -0.783. The van der Waals surface area contributed by atoms with Gasteiger partial charge in [-0.25, -0.2) is 0 Å². The summed E-state index contributed by atoms with van der Waals surface area (Å²) < 4.78 is 1.83. The molecule has 0 heterocycles. The van der Waals surface area contributed by atoms with Crippen LogP contribution in [-0.2, 0) is 4.79 Å². The quantitative estimate of drug-likeness (QED) is 0.368. The SMILES string of the molecule is C[Si](C)(C)N(N=C1C(=O)C(Cl)=C(Cl)C(Cl)=C1Cl)c1ccccc1. The first-order valence-electron chi connectivity index (χ1n) is 6.74. The van der Waals surface area contributed by atoms with E-state index in [4.69, 9.17) is 46.4 Å². The van der Waals surface area contributed by atoms with Crippen LogP contribution in [0.4, 0.5) is 5.69 Å². The maximum absolute atomic E-state index is 12.4. The monoisotopic (exact) mass is 406 g/mol. The van der Waals surface area contributed by atoms with Crippen molar-refractivity contribution in [3.63, 3.8) is 0 Å². The first-order valence-corrected chi connectivity index (χ1v) is 11.7. The van der Waals surface area contributed by atoms with Crippen molar-refractivity contribution in [1.82, 2.24) is 0 Å². The molecule has 8 heteroatoms. The molecule has 0 aliphatic heterocycles. The highest BCUT2D eigenvalue weighted by Gasteiger charge is 2.33. The summed E-state index contributed by atoms with van der Waals surface area (Å²) in [6, 6.07) is 9.55. The zero-order chi connectivity index (χ0) is 17.4. The van der Waals surface area contributed by atoms with Crippen molar-refractivity contribution < 1.29 is 4.79 Å². The summed E-state index contributed by atoms with van der Waals surface area (Å²) in [5.74, 6) is -0.537. The van der Waals surface area contributed by atoms with Gasteiger partial charge in [0.05, 0.1) is 15.1 Å². The fourth-order valence-corrected chi connectivity index (χ4v) is 4.14. The van der Waals surface area contributed by atoms with Crippen molar-refractivity contribution in [2.45, 2.75) is 19.6 Å². The summed E-state index contributed by atoms with van der Waals surface area (Å²) in [7, 11) is -1.95. The maximum atomic E-state index is 12.4. The smallest absolute Gasteiger partial charge is 0.227 e. The molecule has 1 aromatic rings. The summed E-state index contributed by atoms with van der Waals surface area (Å²) in [4.78, 5) is 12.4. The number of carbonyl (C=O) groups is 1. The Morgan fingerprint density at radius 1 is 0.870 bits per heavy atom. The molecule has 1 aliphatic rings. The van der Waals surface area contributed by atoms with Crippen LogP contribution in [0.25, 0.3) is 0 Å². The van der Waals surface area contributed by atoms with E-state index in [1.165, 1.54) is 0 Å². The zero-order valence-corrected chi connectivity index (χ0v) is 16.7. The van der Waals surface area contributed by atoms with Crippen LogP contribution in [0.1, 0.15) is 0 Å². The van der Waals surface area contributed by atoms with Gasteiger partial charge in [0.1, 0.15) is 5.03 Å². The Bertz CT molecular complexity index is 736. The van der Waals surface area contributed by atoms with Crippen LogP contribution < -0.4 is 4.67 Å². The van der Waals surface area contributed by atoms with Gasteiger partial charge in [-0.15, -0.1) is 0 Å². The summed E-state index contributed by atoms with van der Waals surface area (Å²) in [5.41, 5.74) is 0.863. The molecule has 0 saturated heterocycles. The standard InChI is InChI=1S/C15H14Cl4N2OSi/c1-23(2,3)21(9-7-5-4-6-8-9)20-14-12(18)10(16)11(17)13(19)15(14)22/h4-8H,1-3H3. The third-order valence-corrected chi connectivity index (χ3v) is 6.44. The van der Waals surface area contributed by atoms with Gasteiger partial charge in [0.2, 0.25) is 5.78 Å². The number of benzene rings is 1. The summed E-state index contributed by atoms with van der Waals surface area (Å²) in [6.45, 7) is 6.29. The number of Topliss-reactive ketones (excluding diaryl/α,β-unsaturated/α-hetero) is 1. The van der Waals surface area contributed by atoms with Gasteiger partial charge in [0.25, 0.3) is 0 Å². The van der Waals surface area contributed by atoms with Gasteiger partial charge in [-0.1, -0.05) is 64.6 Å². The Balaban J connectivity index is 2.59. The number of para-hydroxylation sites is 1. The van der Waals surface area contributed by atoms with Gasteiger partial charge >= 0.3 is 0 Å². The van der Waals surface area contributed by atoms with E-state index in [-0.39, 0.29) is 25.8 Å². The van der Waals surface area contributed by atoms with Crippen LogP contribution >= 0.6 is 46.4 Å². The Labute approximate surface area is 156 Å². The number of hydrogen-bond acceptors (Lipinski definition) is 3. The van der Waals surface area contributed by atoms with Crippen LogP contribution in [-0.4, -0.2) is 19.7 Å². The second kappa shape index (κ2) is 6.99. The fourth-order valence-electron chi connectivity index (χ4n) is 1.95. The van der Waals surface area contributed by atoms with Crippen LogP contribution in [0.3, 0.4) is 0 Å². The number of hydrogen-bond donors (Lipinski definition) is 0. The number of ketones is 1. The molecule has 0 saturated carbocycles. The van der Waals surface area contributed by atoms with E-state index >= 15 is 0 Å². The summed E-state index contributed by atoms with van der Waals surface area (Å²) >= 11 is 24.1. The van der Waals surface area contributed by atoms with Gasteiger partial charge in [0, 0.05) is 5.69 Å². The van der Waals surface area contributed by atoms with Crippen molar-refractivity contribution in [2.75, 3.05) is 4.67 Å². The number of nitrogens with zero attached hydrogens (tertiary/aromatic N) is 2. The molecule has 0 aromatic heterocycles. The van der Waals surface area contributed by atoms with Crippen molar-refractivity contribution in [3.8, 4) is 0 Å². The third-order valence-electron chi connectivity index (χ3n) is 3.04. The van der Waals surface area contributed by atoms with Crippen LogP contribution in [0.15, 0.2) is 55.6 Å². The summed E-state index contributed by atoms with van der Waals surface area (Å²) in [5, 5.41) is 4.29. The van der Waals surface area contributed by atoms with E-state index in [1.54, 1.807) is 0 Å². The number of halogens is 4. The third kappa shape index (κ3) is 3.83. The molecule has 0 unspecified atom stereocenters. The van der Waals surface area contributed by atoms with Crippen LogP contribution in [0.2, 0.25) is 19.6 Å². The molecule has 23 heavy (non-hydrogen) atoms. The predicted octanol–water partition coefficient (Wildman–Crippen LogP) is 5.65. The van der Waals surface area contributed by atoms with E-state index in [9.17, 15) is 4.79 Å². The van der Waals surface area contributed by atoms with E-state index < -0.39 is 14.0 Å². The molecule has 2 rings (SSSR count).